The van der Waals surface area contributed by atoms with Crippen LogP contribution in [0.25, 0.3) is 0 Å². The highest BCUT2D eigenvalue weighted by Gasteiger charge is 2.29. The predicted molar refractivity (Wildman–Crippen MR) is 108 cm³/mol. The van der Waals surface area contributed by atoms with Gasteiger partial charge in [-0.05, 0) is 57.9 Å². The van der Waals surface area contributed by atoms with Crippen molar-refractivity contribution in [1.82, 2.24) is 9.88 Å². The molecule has 7 nitrogen and oxygen atoms in total. The minimum Gasteiger partial charge on any atom is -0.489 e. The first-order valence-electron chi connectivity index (χ1n) is 10.7. The second kappa shape index (κ2) is 10.4. The van der Waals surface area contributed by atoms with Gasteiger partial charge in [-0.25, -0.2) is 4.79 Å². The van der Waals surface area contributed by atoms with E-state index in [0.29, 0.717) is 24.4 Å². The molecule has 1 atom stereocenters. The molecule has 29 heavy (non-hydrogen) atoms. The Morgan fingerprint density at radius 3 is 2.52 bits per heavy atom. The summed E-state index contributed by atoms with van der Waals surface area (Å²) in [6.45, 7) is 5.32. The molecule has 1 aliphatic carbocycles. The van der Waals surface area contributed by atoms with Crippen LogP contribution in [0, 0.1) is 11.3 Å². The van der Waals surface area contributed by atoms with Crippen LogP contribution in [0.5, 0.6) is 5.75 Å². The van der Waals surface area contributed by atoms with Crippen LogP contribution in [0.3, 0.4) is 0 Å². The summed E-state index contributed by atoms with van der Waals surface area (Å²) in [5, 5.41) is 9.16. The third kappa shape index (κ3) is 6.07. The Bertz CT molecular complexity index is 704. The molecule has 1 aromatic heterocycles. The van der Waals surface area contributed by atoms with Crippen molar-refractivity contribution in [3.05, 3.63) is 24.0 Å². The SMILES string of the molecule is CC[C@@H](C)OC(=O)N1CCC(OC2CCC(Oc3ccncc3C#N)CC2)CC1. The normalized spacial score (nSPS) is 23.8. The number of carbonyl (C=O) groups is 1. The Morgan fingerprint density at radius 1 is 1.21 bits per heavy atom. The molecule has 0 unspecified atom stereocenters. The summed E-state index contributed by atoms with van der Waals surface area (Å²) in [7, 11) is 0. The van der Waals surface area contributed by atoms with Crippen LogP contribution in [0.4, 0.5) is 4.79 Å². The molecule has 1 amide bonds. The summed E-state index contributed by atoms with van der Waals surface area (Å²) in [6.07, 6.45) is 9.78. The Hall–Kier alpha value is -2.33. The number of ether oxygens (including phenoxy) is 3. The van der Waals surface area contributed by atoms with Crippen LogP contribution in [0.2, 0.25) is 0 Å². The Morgan fingerprint density at radius 2 is 1.86 bits per heavy atom. The van der Waals surface area contributed by atoms with E-state index in [1.54, 1.807) is 17.2 Å². The van der Waals surface area contributed by atoms with Crippen LogP contribution in [-0.4, -0.2) is 53.5 Å². The number of carbonyl (C=O) groups excluding carboxylic acids is 1. The standard InChI is InChI=1S/C22H31N3O4/c1-3-16(2)27-22(26)25-12-9-20(10-13-25)28-18-4-6-19(7-5-18)29-21-8-11-24-15-17(21)14-23/h8,11,15-16,18-20H,3-7,9-10,12-13H2,1-2H3/t16-,18?,19?/m1/s1. The second-order valence-corrected chi connectivity index (χ2v) is 7.93. The third-order valence-electron chi connectivity index (χ3n) is 5.78. The molecule has 2 fully saturated rings. The van der Waals surface area contributed by atoms with E-state index in [-0.39, 0.29) is 30.5 Å². The van der Waals surface area contributed by atoms with Gasteiger partial charge in [-0.15, -0.1) is 0 Å². The van der Waals surface area contributed by atoms with Gasteiger partial charge in [-0.2, -0.15) is 5.26 Å². The maximum absolute atomic E-state index is 12.1. The van der Waals surface area contributed by atoms with Gasteiger partial charge in [-0.3, -0.25) is 4.98 Å². The summed E-state index contributed by atoms with van der Waals surface area (Å²) in [6, 6.07) is 3.88. The molecular formula is C22H31N3O4. The summed E-state index contributed by atoms with van der Waals surface area (Å²) in [4.78, 5) is 17.9. The molecule has 0 N–H and O–H groups in total. The lowest BCUT2D eigenvalue weighted by atomic mass is 9.94. The van der Waals surface area contributed by atoms with Gasteiger partial charge in [0.25, 0.3) is 0 Å². The lowest BCUT2D eigenvalue weighted by molar-refractivity contribution is -0.0658. The van der Waals surface area contributed by atoms with E-state index in [9.17, 15) is 4.79 Å². The molecule has 1 aromatic rings. The van der Waals surface area contributed by atoms with Crippen molar-refractivity contribution < 1.29 is 19.0 Å². The molecule has 0 bridgehead atoms. The smallest absolute Gasteiger partial charge is 0.410 e. The monoisotopic (exact) mass is 401 g/mol. The number of hydrogen-bond donors (Lipinski definition) is 0. The van der Waals surface area contributed by atoms with Crippen molar-refractivity contribution in [1.29, 1.82) is 5.26 Å². The van der Waals surface area contributed by atoms with Crippen LogP contribution < -0.4 is 4.74 Å². The molecule has 3 rings (SSSR count). The molecule has 158 valence electrons. The van der Waals surface area contributed by atoms with Gasteiger partial charge >= 0.3 is 6.09 Å². The van der Waals surface area contributed by atoms with Crippen LogP contribution >= 0.6 is 0 Å². The van der Waals surface area contributed by atoms with Gasteiger partial charge in [0, 0.05) is 25.5 Å². The molecule has 0 radical (unpaired) electrons. The lowest BCUT2D eigenvalue weighted by Crippen LogP contribution is -2.43. The first-order valence-corrected chi connectivity index (χ1v) is 10.7. The summed E-state index contributed by atoms with van der Waals surface area (Å²) < 4.78 is 17.7. The first kappa shape index (κ1) is 21.4. The number of pyridine rings is 1. The van der Waals surface area contributed by atoms with Crippen LogP contribution in [0.15, 0.2) is 18.5 Å². The number of piperidine rings is 1. The molecule has 0 spiro atoms. The average molecular weight is 402 g/mol. The fraction of sp³-hybridized carbons (Fsp3) is 0.682. The number of hydrogen-bond acceptors (Lipinski definition) is 6. The fourth-order valence-electron chi connectivity index (χ4n) is 3.81. The van der Waals surface area contributed by atoms with Crippen molar-refractivity contribution in [2.45, 2.75) is 83.2 Å². The van der Waals surface area contributed by atoms with Gasteiger partial charge in [0.2, 0.25) is 0 Å². The highest BCUT2D eigenvalue weighted by atomic mass is 16.6. The maximum atomic E-state index is 12.1. The topological polar surface area (TPSA) is 84.7 Å². The van der Waals surface area contributed by atoms with Crippen molar-refractivity contribution in [2.24, 2.45) is 0 Å². The third-order valence-corrected chi connectivity index (χ3v) is 5.78. The molecule has 2 heterocycles. The number of amides is 1. The quantitative estimate of drug-likeness (QED) is 0.715. The van der Waals surface area contributed by atoms with Gasteiger partial charge in [0.05, 0.1) is 18.3 Å². The molecule has 0 aromatic carbocycles. The van der Waals surface area contributed by atoms with Crippen LogP contribution in [0.1, 0.15) is 64.4 Å². The zero-order valence-electron chi connectivity index (χ0n) is 17.4. The number of likely N-dealkylation sites (tertiary alicyclic amines) is 1. The van der Waals surface area contributed by atoms with Crippen molar-refractivity contribution in [3.63, 3.8) is 0 Å². The number of rotatable bonds is 6. The van der Waals surface area contributed by atoms with Gasteiger partial charge in [0.15, 0.2) is 0 Å². The van der Waals surface area contributed by atoms with Gasteiger partial charge in [-0.1, -0.05) is 6.92 Å². The Kier molecular flexibility index (Phi) is 7.70. The summed E-state index contributed by atoms with van der Waals surface area (Å²) in [5.41, 5.74) is 0.476. The Balaban J connectivity index is 1.37. The molecule has 1 aliphatic heterocycles. The fourth-order valence-corrected chi connectivity index (χ4v) is 3.81. The zero-order valence-corrected chi connectivity index (χ0v) is 17.4. The van der Waals surface area contributed by atoms with Crippen molar-refractivity contribution in [3.8, 4) is 11.8 Å². The van der Waals surface area contributed by atoms with Gasteiger partial charge < -0.3 is 19.1 Å². The molecule has 1 saturated heterocycles. The average Bonchev–Trinajstić information content (AvgIpc) is 2.76. The number of nitriles is 1. The van der Waals surface area contributed by atoms with E-state index in [2.05, 4.69) is 11.1 Å². The maximum Gasteiger partial charge on any atom is 0.410 e. The predicted octanol–water partition coefficient (Wildman–Crippen LogP) is 4.06. The van der Waals surface area contributed by atoms with E-state index in [1.165, 1.54) is 6.20 Å². The van der Waals surface area contributed by atoms with E-state index >= 15 is 0 Å². The minimum atomic E-state index is -0.205. The molecule has 7 heteroatoms. The largest absolute Gasteiger partial charge is 0.489 e. The zero-order chi connectivity index (χ0) is 20.6. The van der Waals surface area contributed by atoms with Crippen molar-refractivity contribution in [2.75, 3.05) is 13.1 Å². The van der Waals surface area contributed by atoms with Crippen LogP contribution in [-0.2, 0) is 9.47 Å². The highest BCUT2D eigenvalue weighted by molar-refractivity contribution is 5.67. The van der Waals surface area contributed by atoms with E-state index < -0.39 is 0 Å². The van der Waals surface area contributed by atoms with E-state index in [1.807, 2.05) is 13.8 Å². The first-order chi connectivity index (χ1) is 14.1. The van der Waals surface area contributed by atoms with E-state index in [0.717, 1.165) is 44.9 Å². The van der Waals surface area contributed by atoms with Gasteiger partial charge in [0.1, 0.15) is 23.5 Å². The summed E-state index contributed by atoms with van der Waals surface area (Å²) >= 11 is 0. The summed E-state index contributed by atoms with van der Waals surface area (Å²) in [5.74, 6) is 0.614. The lowest BCUT2D eigenvalue weighted by Gasteiger charge is -2.36. The molecule has 2 aliphatic rings. The highest BCUT2D eigenvalue weighted by Crippen LogP contribution is 2.29. The Labute approximate surface area is 172 Å². The number of nitrogens with zero attached hydrogens (tertiary/aromatic N) is 3. The second-order valence-electron chi connectivity index (χ2n) is 7.93. The molecule has 1 saturated carbocycles. The molecular weight excluding hydrogens is 370 g/mol. The van der Waals surface area contributed by atoms with Crippen molar-refractivity contribution >= 4 is 6.09 Å². The minimum absolute atomic E-state index is 0.0368. The van der Waals surface area contributed by atoms with E-state index in [4.69, 9.17) is 19.5 Å². The number of aromatic nitrogens is 1.